The lowest BCUT2D eigenvalue weighted by Gasteiger charge is -2.44. The van der Waals surface area contributed by atoms with Gasteiger partial charge in [0.1, 0.15) is 0 Å². The normalized spacial score (nSPS) is 26.8. The predicted octanol–water partition coefficient (Wildman–Crippen LogP) is 5.25. The Hall–Kier alpha value is -1.05. The number of allylic oxidation sites excluding steroid dienone is 3. The van der Waals surface area contributed by atoms with E-state index in [1.54, 1.807) is 0 Å². The molecule has 2 fully saturated rings. The van der Waals surface area contributed by atoms with Crippen LogP contribution in [0.3, 0.4) is 0 Å². The maximum absolute atomic E-state index is 12.6. The number of hydrogen-bond donors (Lipinski definition) is 0. The first-order chi connectivity index (χ1) is 10.6. The third kappa shape index (κ3) is 4.47. The van der Waals surface area contributed by atoms with Crippen molar-refractivity contribution in [2.75, 3.05) is 6.54 Å². The molecule has 0 spiro atoms. The van der Waals surface area contributed by atoms with E-state index in [4.69, 9.17) is 0 Å². The molecule has 1 aliphatic carbocycles. The number of amides is 1. The van der Waals surface area contributed by atoms with Gasteiger partial charge in [-0.25, -0.2) is 0 Å². The fraction of sp³-hybridized carbons (Fsp3) is 0.750. The second-order valence-corrected chi connectivity index (χ2v) is 7.16. The van der Waals surface area contributed by atoms with Crippen LogP contribution >= 0.6 is 0 Å². The lowest BCUT2D eigenvalue weighted by molar-refractivity contribution is -0.136. The highest BCUT2D eigenvalue weighted by Crippen LogP contribution is 2.35. The Labute approximate surface area is 136 Å². The smallest absolute Gasteiger partial charge is 0.226 e. The molecule has 1 saturated heterocycles. The van der Waals surface area contributed by atoms with Crippen molar-refractivity contribution in [3.63, 3.8) is 0 Å². The van der Waals surface area contributed by atoms with Crippen molar-refractivity contribution in [3.05, 3.63) is 23.3 Å². The predicted molar refractivity (Wildman–Crippen MR) is 93.7 cm³/mol. The zero-order chi connectivity index (χ0) is 15.9. The van der Waals surface area contributed by atoms with Gasteiger partial charge in [0.25, 0.3) is 0 Å². The number of rotatable bonds is 5. The van der Waals surface area contributed by atoms with Crippen LogP contribution in [0.1, 0.15) is 78.6 Å². The maximum Gasteiger partial charge on any atom is 0.226 e. The van der Waals surface area contributed by atoms with Gasteiger partial charge in [0, 0.05) is 19.0 Å². The number of piperidine rings is 1. The Kier molecular flexibility index (Phi) is 6.72. The van der Waals surface area contributed by atoms with Crippen molar-refractivity contribution < 1.29 is 4.79 Å². The molecule has 0 aromatic carbocycles. The van der Waals surface area contributed by atoms with E-state index in [0.717, 1.165) is 18.9 Å². The molecule has 1 amide bonds. The van der Waals surface area contributed by atoms with E-state index in [0.29, 0.717) is 18.4 Å². The average Bonchev–Trinajstić information content (AvgIpc) is 2.54. The summed E-state index contributed by atoms with van der Waals surface area (Å²) in [6.07, 6.45) is 14.9. The van der Waals surface area contributed by atoms with Crippen LogP contribution in [0.15, 0.2) is 23.3 Å². The highest BCUT2D eigenvalue weighted by atomic mass is 16.2. The van der Waals surface area contributed by atoms with E-state index in [1.165, 1.54) is 56.1 Å². The van der Waals surface area contributed by atoms with Crippen LogP contribution in [-0.4, -0.2) is 23.4 Å². The van der Waals surface area contributed by atoms with E-state index in [2.05, 4.69) is 37.8 Å². The summed E-state index contributed by atoms with van der Waals surface area (Å²) in [6.45, 7) is 7.55. The third-order valence-electron chi connectivity index (χ3n) is 5.52. The van der Waals surface area contributed by atoms with Crippen molar-refractivity contribution in [1.82, 2.24) is 4.90 Å². The van der Waals surface area contributed by atoms with E-state index < -0.39 is 0 Å². The molecule has 1 aliphatic heterocycles. The van der Waals surface area contributed by atoms with Gasteiger partial charge in [0.05, 0.1) is 0 Å². The molecule has 2 rings (SSSR count). The van der Waals surface area contributed by atoms with Crippen LogP contribution in [0.2, 0.25) is 0 Å². The van der Waals surface area contributed by atoms with Gasteiger partial charge in [-0.05, 0) is 51.9 Å². The summed E-state index contributed by atoms with van der Waals surface area (Å²) in [7, 11) is 0. The summed E-state index contributed by atoms with van der Waals surface area (Å²) >= 11 is 0. The number of hydrogen-bond acceptors (Lipinski definition) is 1. The number of nitrogens with zero attached hydrogens (tertiary/aromatic N) is 1. The summed E-state index contributed by atoms with van der Waals surface area (Å²) in [6, 6.07) is 0.543. The Balaban J connectivity index is 1.90. The topological polar surface area (TPSA) is 20.3 Å². The van der Waals surface area contributed by atoms with E-state index in [9.17, 15) is 4.79 Å². The first-order valence-corrected chi connectivity index (χ1v) is 9.25. The van der Waals surface area contributed by atoms with Gasteiger partial charge in [-0.3, -0.25) is 4.79 Å². The molecule has 22 heavy (non-hydrogen) atoms. The van der Waals surface area contributed by atoms with Gasteiger partial charge in [-0.15, -0.1) is 0 Å². The first kappa shape index (κ1) is 17.3. The zero-order valence-corrected chi connectivity index (χ0v) is 14.7. The molecule has 124 valence electrons. The lowest BCUT2D eigenvalue weighted by atomic mass is 9.78. The minimum absolute atomic E-state index is 0.341. The van der Waals surface area contributed by atoms with Crippen LogP contribution in [0.25, 0.3) is 0 Å². The van der Waals surface area contributed by atoms with Crippen LogP contribution in [0, 0.1) is 5.92 Å². The standard InChI is InChI=1S/C20H33NO/c1-4-9-16(2)17(3)10-7-14-20(22)21-15-8-12-18-11-5-6-13-19(18)21/h7,10,18-19H,4-6,8-9,11-15H2,1-3H3/b10-7-,17-16+. The number of carbonyl (C=O) groups is 1. The third-order valence-corrected chi connectivity index (χ3v) is 5.52. The molecule has 2 heteroatoms. The molecule has 1 saturated carbocycles. The van der Waals surface area contributed by atoms with Gasteiger partial charge in [-0.2, -0.15) is 0 Å². The van der Waals surface area contributed by atoms with Gasteiger partial charge < -0.3 is 4.90 Å². The zero-order valence-electron chi connectivity index (χ0n) is 14.7. The molecule has 0 bridgehead atoms. The second-order valence-electron chi connectivity index (χ2n) is 7.16. The highest BCUT2D eigenvalue weighted by molar-refractivity contribution is 5.78. The highest BCUT2D eigenvalue weighted by Gasteiger charge is 2.34. The Morgan fingerprint density at radius 3 is 2.64 bits per heavy atom. The monoisotopic (exact) mass is 303 g/mol. The van der Waals surface area contributed by atoms with Crippen molar-refractivity contribution in [3.8, 4) is 0 Å². The molecular weight excluding hydrogens is 270 g/mol. The molecule has 1 heterocycles. The van der Waals surface area contributed by atoms with Crippen LogP contribution in [-0.2, 0) is 4.79 Å². The average molecular weight is 303 g/mol. The molecule has 2 aliphatic rings. The number of fused-ring (bicyclic) bond motifs is 1. The van der Waals surface area contributed by atoms with Gasteiger partial charge in [0.2, 0.25) is 5.91 Å². The van der Waals surface area contributed by atoms with E-state index in [-0.39, 0.29) is 0 Å². The summed E-state index contributed by atoms with van der Waals surface area (Å²) in [5.74, 6) is 1.12. The van der Waals surface area contributed by atoms with E-state index >= 15 is 0 Å². The molecular formula is C20H33NO. The van der Waals surface area contributed by atoms with Crippen molar-refractivity contribution in [2.45, 2.75) is 84.6 Å². The summed E-state index contributed by atoms with van der Waals surface area (Å²) in [5.41, 5.74) is 2.76. The largest absolute Gasteiger partial charge is 0.339 e. The van der Waals surface area contributed by atoms with Crippen molar-refractivity contribution >= 4 is 5.91 Å². The van der Waals surface area contributed by atoms with Crippen molar-refractivity contribution in [2.24, 2.45) is 5.92 Å². The first-order valence-electron chi connectivity index (χ1n) is 9.25. The van der Waals surface area contributed by atoms with Crippen LogP contribution in [0.4, 0.5) is 0 Å². The molecule has 0 aromatic heterocycles. The SMILES string of the molecule is CCC/C(C)=C(C)/C=C\CC(=O)N1CCCC2CCCCC21. The van der Waals surface area contributed by atoms with Gasteiger partial charge in [0.15, 0.2) is 0 Å². The summed E-state index contributed by atoms with van der Waals surface area (Å²) < 4.78 is 0. The molecule has 2 atom stereocenters. The fourth-order valence-electron chi connectivity index (χ4n) is 4.10. The molecule has 0 radical (unpaired) electrons. The quantitative estimate of drug-likeness (QED) is 0.635. The summed E-state index contributed by atoms with van der Waals surface area (Å²) in [5, 5.41) is 0. The number of carbonyl (C=O) groups excluding carboxylic acids is 1. The van der Waals surface area contributed by atoms with Gasteiger partial charge >= 0.3 is 0 Å². The molecule has 2 unspecified atom stereocenters. The van der Waals surface area contributed by atoms with Crippen LogP contribution < -0.4 is 0 Å². The number of likely N-dealkylation sites (tertiary alicyclic amines) is 1. The lowest BCUT2D eigenvalue weighted by Crippen LogP contribution is -2.49. The Morgan fingerprint density at radius 1 is 1.14 bits per heavy atom. The molecule has 0 aromatic rings. The maximum atomic E-state index is 12.6. The molecule has 2 nitrogen and oxygen atoms in total. The van der Waals surface area contributed by atoms with Crippen LogP contribution in [0.5, 0.6) is 0 Å². The second kappa shape index (κ2) is 8.55. The van der Waals surface area contributed by atoms with Crippen molar-refractivity contribution in [1.29, 1.82) is 0 Å². The van der Waals surface area contributed by atoms with E-state index in [1.807, 2.05) is 0 Å². The summed E-state index contributed by atoms with van der Waals surface area (Å²) in [4.78, 5) is 14.8. The Morgan fingerprint density at radius 2 is 1.86 bits per heavy atom. The minimum Gasteiger partial charge on any atom is -0.339 e. The van der Waals surface area contributed by atoms with Gasteiger partial charge in [-0.1, -0.05) is 49.5 Å². The fourth-order valence-corrected chi connectivity index (χ4v) is 4.10. The molecule has 0 N–H and O–H groups in total. The minimum atomic E-state index is 0.341. The Bertz CT molecular complexity index is 433.